The van der Waals surface area contributed by atoms with Crippen LogP contribution in [-0.4, -0.2) is 28.3 Å². The van der Waals surface area contributed by atoms with E-state index in [0.29, 0.717) is 6.54 Å². The Hall–Kier alpha value is -2.40. The van der Waals surface area contributed by atoms with Crippen LogP contribution in [0.1, 0.15) is 18.1 Å². The summed E-state index contributed by atoms with van der Waals surface area (Å²) >= 11 is 1.70. The van der Waals surface area contributed by atoms with Crippen molar-refractivity contribution >= 4 is 34.4 Å². The number of benzene rings is 2. The Balaban J connectivity index is 1.56. The molecule has 0 aliphatic carbocycles. The molecule has 4 rings (SSSR count). The number of carbonyl (C=O) groups excluding carboxylic acids is 1. The average Bonchev–Trinajstić information content (AvgIpc) is 2.93. The Morgan fingerprint density at radius 2 is 1.96 bits per heavy atom. The van der Waals surface area contributed by atoms with Crippen LogP contribution in [0.2, 0.25) is 0 Å². The monoisotopic (exact) mass is 365 g/mol. The Bertz CT molecular complexity index is 946. The molecule has 1 aliphatic heterocycles. The van der Waals surface area contributed by atoms with Crippen LogP contribution in [-0.2, 0) is 19.5 Å². The van der Waals surface area contributed by atoms with Crippen molar-refractivity contribution in [3.63, 3.8) is 0 Å². The van der Waals surface area contributed by atoms with E-state index in [4.69, 9.17) is 0 Å². The van der Waals surface area contributed by atoms with E-state index in [1.807, 2.05) is 35.4 Å². The molecule has 3 aromatic rings. The summed E-state index contributed by atoms with van der Waals surface area (Å²) in [5, 5.41) is 4.36. The van der Waals surface area contributed by atoms with Gasteiger partial charge in [-0.05, 0) is 61.1 Å². The lowest BCUT2D eigenvalue weighted by molar-refractivity contribution is 0.210. The van der Waals surface area contributed by atoms with Gasteiger partial charge in [-0.2, -0.15) is 0 Å². The highest BCUT2D eigenvalue weighted by atomic mass is 32.2. The maximum atomic E-state index is 12.8. The predicted molar refractivity (Wildman–Crippen MR) is 109 cm³/mol. The van der Waals surface area contributed by atoms with Crippen molar-refractivity contribution in [1.29, 1.82) is 0 Å². The van der Waals surface area contributed by atoms with Crippen molar-refractivity contribution in [1.82, 2.24) is 9.47 Å². The molecule has 26 heavy (non-hydrogen) atoms. The van der Waals surface area contributed by atoms with Crippen LogP contribution < -0.4 is 5.32 Å². The van der Waals surface area contributed by atoms with Crippen molar-refractivity contribution in [2.45, 2.75) is 31.3 Å². The molecular formula is C21H23N3OS. The molecule has 1 aliphatic rings. The largest absolute Gasteiger partial charge is 0.347 e. The average molecular weight is 366 g/mol. The second-order valence-corrected chi connectivity index (χ2v) is 7.46. The van der Waals surface area contributed by atoms with Crippen LogP contribution in [0.15, 0.2) is 53.6 Å². The molecule has 0 bridgehead atoms. The van der Waals surface area contributed by atoms with Crippen molar-refractivity contribution < 1.29 is 4.79 Å². The molecule has 1 N–H and O–H groups in total. The summed E-state index contributed by atoms with van der Waals surface area (Å²) in [5.74, 6) is 0. The highest BCUT2D eigenvalue weighted by Gasteiger charge is 2.22. The van der Waals surface area contributed by atoms with Gasteiger partial charge in [0.1, 0.15) is 0 Å². The molecule has 134 valence electrons. The first-order chi connectivity index (χ1) is 12.7. The normalized spacial score (nSPS) is 13.7. The van der Waals surface area contributed by atoms with Gasteiger partial charge in [-0.15, -0.1) is 11.8 Å². The lowest BCUT2D eigenvalue weighted by atomic mass is 10.1. The second kappa shape index (κ2) is 7.08. The van der Waals surface area contributed by atoms with E-state index in [1.165, 1.54) is 26.9 Å². The topological polar surface area (TPSA) is 37.3 Å². The quantitative estimate of drug-likeness (QED) is 0.665. The van der Waals surface area contributed by atoms with Gasteiger partial charge in [-0.1, -0.05) is 12.1 Å². The van der Waals surface area contributed by atoms with Gasteiger partial charge >= 0.3 is 6.03 Å². The molecule has 0 spiro atoms. The molecule has 5 heteroatoms. The van der Waals surface area contributed by atoms with Crippen molar-refractivity contribution in [2.75, 3.05) is 18.1 Å². The lowest BCUT2D eigenvalue weighted by Crippen LogP contribution is -2.35. The number of carbonyl (C=O) groups is 1. The van der Waals surface area contributed by atoms with Crippen molar-refractivity contribution in [2.24, 2.45) is 0 Å². The van der Waals surface area contributed by atoms with Gasteiger partial charge < -0.3 is 14.8 Å². The molecule has 0 atom stereocenters. The van der Waals surface area contributed by atoms with Gasteiger partial charge in [0.15, 0.2) is 0 Å². The first kappa shape index (κ1) is 17.0. The molecule has 1 aromatic heterocycles. The second-order valence-electron chi connectivity index (χ2n) is 6.58. The van der Waals surface area contributed by atoms with Gasteiger partial charge in [-0.25, -0.2) is 4.79 Å². The van der Waals surface area contributed by atoms with Gasteiger partial charge in [0, 0.05) is 47.3 Å². The summed E-state index contributed by atoms with van der Waals surface area (Å²) in [5.41, 5.74) is 4.69. The number of hydrogen-bond donors (Lipinski definition) is 1. The summed E-state index contributed by atoms with van der Waals surface area (Å²) in [4.78, 5) is 15.9. The highest BCUT2D eigenvalue weighted by molar-refractivity contribution is 7.98. The minimum Gasteiger partial charge on any atom is -0.347 e. The zero-order valence-corrected chi connectivity index (χ0v) is 16.0. The van der Waals surface area contributed by atoms with Crippen molar-refractivity contribution in [3.05, 3.63) is 59.8 Å². The van der Waals surface area contributed by atoms with E-state index in [9.17, 15) is 4.79 Å². The fourth-order valence-corrected chi connectivity index (χ4v) is 4.10. The predicted octanol–water partition coefficient (Wildman–Crippen LogP) is 4.97. The van der Waals surface area contributed by atoms with E-state index in [0.717, 1.165) is 25.2 Å². The zero-order chi connectivity index (χ0) is 18.1. The maximum absolute atomic E-state index is 12.8. The van der Waals surface area contributed by atoms with Gasteiger partial charge in [0.2, 0.25) is 0 Å². The Kier molecular flexibility index (Phi) is 4.64. The molecule has 4 nitrogen and oxygen atoms in total. The van der Waals surface area contributed by atoms with Crippen LogP contribution in [0, 0.1) is 0 Å². The first-order valence-electron chi connectivity index (χ1n) is 8.99. The van der Waals surface area contributed by atoms with Crippen LogP contribution >= 0.6 is 11.8 Å². The Morgan fingerprint density at radius 1 is 1.15 bits per heavy atom. The van der Waals surface area contributed by atoms with Gasteiger partial charge in [-0.3, -0.25) is 0 Å². The third kappa shape index (κ3) is 3.07. The minimum absolute atomic E-state index is 0.0348. The number of nitrogens with one attached hydrogen (secondary N) is 1. The number of aromatic nitrogens is 1. The van der Waals surface area contributed by atoms with Gasteiger partial charge in [0.25, 0.3) is 0 Å². The Labute approximate surface area is 158 Å². The van der Waals surface area contributed by atoms with E-state index in [2.05, 4.69) is 41.2 Å². The van der Waals surface area contributed by atoms with E-state index in [-0.39, 0.29) is 6.03 Å². The lowest BCUT2D eigenvalue weighted by Gasteiger charge is -2.22. The molecule has 0 saturated heterocycles. The number of urea groups is 1. The zero-order valence-electron chi connectivity index (χ0n) is 15.2. The molecule has 2 heterocycles. The van der Waals surface area contributed by atoms with Crippen LogP contribution in [0.3, 0.4) is 0 Å². The molecule has 0 fully saturated rings. The summed E-state index contributed by atoms with van der Waals surface area (Å²) in [6.45, 7) is 4.51. The number of anilines is 1. The third-order valence-corrected chi connectivity index (χ3v) is 5.80. The number of rotatable bonds is 3. The number of aryl methyl sites for hydroxylation is 1. The fourth-order valence-electron chi connectivity index (χ4n) is 3.69. The summed E-state index contributed by atoms with van der Waals surface area (Å²) in [7, 11) is 0. The van der Waals surface area contributed by atoms with Crippen LogP contribution in [0.5, 0.6) is 0 Å². The summed E-state index contributed by atoms with van der Waals surface area (Å²) < 4.78 is 2.30. The third-order valence-electron chi connectivity index (χ3n) is 5.05. The van der Waals surface area contributed by atoms with Crippen molar-refractivity contribution in [3.8, 4) is 0 Å². The fraction of sp³-hybridized carbons (Fsp3) is 0.286. The number of amides is 2. The first-order valence-corrected chi connectivity index (χ1v) is 10.2. The van der Waals surface area contributed by atoms with E-state index >= 15 is 0 Å². The maximum Gasteiger partial charge on any atom is 0.322 e. The Morgan fingerprint density at radius 3 is 2.69 bits per heavy atom. The van der Waals surface area contributed by atoms with E-state index < -0.39 is 0 Å². The minimum atomic E-state index is -0.0348. The van der Waals surface area contributed by atoms with E-state index in [1.54, 1.807) is 11.8 Å². The molecule has 2 amide bonds. The summed E-state index contributed by atoms with van der Waals surface area (Å²) in [6.07, 6.45) is 5.18. The summed E-state index contributed by atoms with van der Waals surface area (Å²) in [6, 6.07) is 14.4. The number of nitrogens with zero attached hydrogens (tertiary/aromatic N) is 2. The molecular weight excluding hydrogens is 342 g/mol. The van der Waals surface area contributed by atoms with Crippen LogP contribution in [0.25, 0.3) is 10.9 Å². The standard InChI is InChI=1S/C21H23N3OS/c1-3-23-13-16-11-12-24(14-15-5-4-6-19(23)20(15)16)21(25)22-17-7-9-18(26-2)10-8-17/h4-10,13H,3,11-12,14H2,1-2H3,(H,22,25). The highest BCUT2D eigenvalue weighted by Crippen LogP contribution is 2.29. The molecule has 2 aromatic carbocycles. The van der Waals surface area contributed by atoms with Gasteiger partial charge in [0.05, 0.1) is 0 Å². The SMILES string of the molecule is CCn1cc2c3c(cccc31)CN(C(=O)Nc1ccc(SC)cc1)CC2. The molecule has 0 saturated carbocycles. The van der Waals surface area contributed by atoms with Crippen LogP contribution in [0.4, 0.5) is 10.5 Å². The smallest absolute Gasteiger partial charge is 0.322 e. The number of thioether (sulfide) groups is 1. The number of hydrogen-bond acceptors (Lipinski definition) is 2. The molecule has 0 unspecified atom stereocenters. The molecule has 0 radical (unpaired) electrons.